The molecule has 0 aromatic heterocycles. The summed E-state index contributed by atoms with van der Waals surface area (Å²) in [6.45, 7) is 4.25. The lowest BCUT2D eigenvalue weighted by molar-refractivity contribution is -0.127. The van der Waals surface area contributed by atoms with Crippen molar-refractivity contribution in [2.75, 3.05) is 0 Å². The zero-order valence-corrected chi connectivity index (χ0v) is 6.89. The van der Waals surface area contributed by atoms with Crippen LogP contribution in [-0.2, 0) is 4.79 Å². The molecule has 1 rings (SSSR count). The monoisotopic (exact) mass is 140 g/mol. The van der Waals surface area contributed by atoms with Crippen LogP contribution in [0.5, 0.6) is 0 Å². The number of hydrogen-bond donors (Lipinski definition) is 0. The van der Waals surface area contributed by atoms with E-state index in [1.165, 1.54) is 6.42 Å². The van der Waals surface area contributed by atoms with Gasteiger partial charge in [0, 0.05) is 12.3 Å². The van der Waals surface area contributed by atoms with E-state index in [2.05, 4.69) is 13.8 Å². The molecule has 0 aliphatic heterocycles. The predicted molar refractivity (Wildman–Crippen MR) is 41.8 cm³/mol. The second-order valence-corrected chi connectivity index (χ2v) is 3.38. The Morgan fingerprint density at radius 3 is 2.50 bits per heavy atom. The van der Waals surface area contributed by atoms with Gasteiger partial charge in [0.05, 0.1) is 0 Å². The Bertz CT molecular complexity index is 129. The van der Waals surface area contributed by atoms with E-state index in [-0.39, 0.29) is 0 Å². The van der Waals surface area contributed by atoms with Crippen LogP contribution in [-0.4, -0.2) is 5.78 Å². The Morgan fingerprint density at radius 1 is 1.50 bits per heavy atom. The zero-order valence-electron chi connectivity index (χ0n) is 6.89. The summed E-state index contributed by atoms with van der Waals surface area (Å²) in [5.74, 6) is 1.61. The predicted octanol–water partition coefficient (Wildman–Crippen LogP) is 2.40. The number of hydrogen-bond acceptors (Lipinski definition) is 1. The highest BCUT2D eigenvalue weighted by Crippen LogP contribution is 2.35. The van der Waals surface area contributed by atoms with Crippen molar-refractivity contribution in [2.24, 2.45) is 11.8 Å². The highest BCUT2D eigenvalue weighted by Gasteiger charge is 2.31. The first-order valence-electron chi connectivity index (χ1n) is 4.28. The molecule has 1 aliphatic rings. The Balaban J connectivity index is 2.27. The number of carbonyl (C=O) groups is 1. The number of carbonyl (C=O) groups excluding carboxylic acids is 1. The van der Waals surface area contributed by atoms with E-state index in [1.54, 1.807) is 0 Å². The number of rotatable bonds is 3. The molecule has 0 radical (unpaired) electrons. The Kier molecular flexibility index (Phi) is 2.47. The van der Waals surface area contributed by atoms with E-state index in [4.69, 9.17) is 0 Å². The van der Waals surface area contributed by atoms with Gasteiger partial charge in [-0.15, -0.1) is 0 Å². The van der Waals surface area contributed by atoms with E-state index in [0.29, 0.717) is 17.6 Å². The summed E-state index contributed by atoms with van der Waals surface area (Å²) in [6.07, 6.45) is 4.23. The lowest BCUT2D eigenvalue weighted by Crippen LogP contribution is -2.30. The van der Waals surface area contributed by atoms with Crippen molar-refractivity contribution < 1.29 is 4.79 Å². The fourth-order valence-corrected chi connectivity index (χ4v) is 1.58. The summed E-state index contributed by atoms with van der Waals surface area (Å²) in [5.41, 5.74) is 0. The van der Waals surface area contributed by atoms with Gasteiger partial charge >= 0.3 is 0 Å². The topological polar surface area (TPSA) is 17.1 Å². The van der Waals surface area contributed by atoms with Crippen molar-refractivity contribution in [3.8, 4) is 0 Å². The minimum atomic E-state index is 0.431. The molecule has 0 heterocycles. The van der Waals surface area contributed by atoms with Crippen LogP contribution in [0.25, 0.3) is 0 Å². The Labute approximate surface area is 62.8 Å². The molecular formula is C9H16O. The fourth-order valence-electron chi connectivity index (χ4n) is 1.58. The first kappa shape index (κ1) is 7.77. The molecular weight excluding hydrogens is 124 g/mol. The Morgan fingerprint density at radius 2 is 2.20 bits per heavy atom. The molecule has 0 amide bonds. The third kappa shape index (κ3) is 1.39. The van der Waals surface area contributed by atoms with Crippen molar-refractivity contribution >= 4 is 5.78 Å². The summed E-state index contributed by atoms with van der Waals surface area (Å²) in [6, 6.07) is 0. The molecule has 0 aromatic carbocycles. The van der Waals surface area contributed by atoms with Gasteiger partial charge in [-0.25, -0.2) is 0 Å². The first-order chi connectivity index (χ1) is 4.75. The van der Waals surface area contributed by atoms with Gasteiger partial charge in [-0.3, -0.25) is 4.79 Å². The molecule has 2 atom stereocenters. The van der Waals surface area contributed by atoms with Crippen LogP contribution in [0, 0.1) is 11.8 Å². The summed E-state index contributed by atoms with van der Waals surface area (Å²) in [4.78, 5) is 11.2. The van der Waals surface area contributed by atoms with E-state index in [1.807, 2.05) is 0 Å². The second kappa shape index (κ2) is 3.18. The van der Waals surface area contributed by atoms with E-state index >= 15 is 0 Å². The van der Waals surface area contributed by atoms with Crippen LogP contribution < -0.4 is 0 Å². The van der Waals surface area contributed by atoms with E-state index in [9.17, 15) is 4.79 Å². The lowest BCUT2D eigenvalue weighted by Gasteiger charge is -2.32. The minimum absolute atomic E-state index is 0.431. The van der Waals surface area contributed by atoms with E-state index in [0.717, 1.165) is 19.3 Å². The minimum Gasteiger partial charge on any atom is -0.299 e. The molecule has 1 nitrogen and oxygen atoms in total. The third-order valence-corrected chi connectivity index (χ3v) is 2.53. The highest BCUT2D eigenvalue weighted by molar-refractivity contribution is 5.81. The molecule has 1 heteroatoms. The molecule has 0 spiro atoms. The summed E-state index contributed by atoms with van der Waals surface area (Å²) in [5, 5.41) is 0. The van der Waals surface area contributed by atoms with Gasteiger partial charge in [-0.1, -0.05) is 13.8 Å². The van der Waals surface area contributed by atoms with Crippen molar-refractivity contribution in [1.29, 1.82) is 0 Å². The molecule has 1 saturated carbocycles. The standard InChI is InChI=1S/C9H16O/c1-3-4-9(10)8-6-5-7(8)2/h7-8H,3-6H2,1-2H3. The van der Waals surface area contributed by atoms with Crippen LogP contribution in [0.3, 0.4) is 0 Å². The third-order valence-electron chi connectivity index (χ3n) is 2.53. The number of Topliss-reactive ketones (excluding diaryl/α,β-unsaturated/α-hetero) is 1. The van der Waals surface area contributed by atoms with Crippen LogP contribution in [0.15, 0.2) is 0 Å². The smallest absolute Gasteiger partial charge is 0.136 e. The van der Waals surface area contributed by atoms with Crippen LogP contribution in [0.2, 0.25) is 0 Å². The first-order valence-corrected chi connectivity index (χ1v) is 4.28. The summed E-state index contributed by atoms with van der Waals surface area (Å²) in [7, 11) is 0. The molecule has 58 valence electrons. The van der Waals surface area contributed by atoms with Gasteiger partial charge in [0.25, 0.3) is 0 Å². The summed E-state index contributed by atoms with van der Waals surface area (Å²) < 4.78 is 0. The maximum Gasteiger partial charge on any atom is 0.136 e. The quantitative estimate of drug-likeness (QED) is 0.588. The average Bonchev–Trinajstić information content (AvgIpc) is 1.85. The van der Waals surface area contributed by atoms with Gasteiger partial charge < -0.3 is 0 Å². The Hall–Kier alpha value is -0.330. The van der Waals surface area contributed by atoms with Gasteiger partial charge in [0.2, 0.25) is 0 Å². The van der Waals surface area contributed by atoms with E-state index < -0.39 is 0 Å². The number of ketones is 1. The van der Waals surface area contributed by atoms with Crippen LogP contribution >= 0.6 is 0 Å². The molecule has 1 fully saturated rings. The van der Waals surface area contributed by atoms with Crippen molar-refractivity contribution in [2.45, 2.75) is 39.5 Å². The SMILES string of the molecule is CCCC(=O)C1CCC1C. The summed E-state index contributed by atoms with van der Waals surface area (Å²) >= 11 is 0. The second-order valence-electron chi connectivity index (χ2n) is 3.38. The molecule has 1 aliphatic carbocycles. The zero-order chi connectivity index (χ0) is 7.56. The lowest BCUT2D eigenvalue weighted by atomic mass is 9.72. The van der Waals surface area contributed by atoms with Crippen molar-refractivity contribution in [1.82, 2.24) is 0 Å². The van der Waals surface area contributed by atoms with Crippen molar-refractivity contribution in [3.05, 3.63) is 0 Å². The molecule has 0 aromatic rings. The maximum absolute atomic E-state index is 11.2. The van der Waals surface area contributed by atoms with Crippen molar-refractivity contribution in [3.63, 3.8) is 0 Å². The molecule has 10 heavy (non-hydrogen) atoms. The highest BCUT2D eigenvalue weighted by atomic mass is 16.1. The van der Waals surface area contributed by atoms with Crippen LogP contribution in [0.1, 0.15) is 39.5 Å². The van der Waals surface area contributed by atoms with Gasteiger partial charge in [0.1, 0.15) is 5.78 Å². The average molecular weight is 140 g/mol. The van der Waals surface area contributed by atoms with Gasteiger partial charge in [-0.05, 0) is 25.2 Å². The van der Waals surface area contributed by atoms with Gasteiger partial charge in [0.15, 0.2) is 0 Å². The molecule has 2 unspecified atom stereocenters. The molecule has 0 N–H and O–H groups in total. The van der Waals surface area contributed by atoms with Gasteiger partial charge in [-0.2, -0.15) is 0 Å². The largest absolute Gasteiger partial charge is 0.299 e. The normalized spacial score (nSPS) is 31.4. The van der Waals surface area contributed by atoms with Crippen LogP contribution in [0.4, 0.5) is 0 Å². The fraction of sp³-hybridized carbons (Fsp3) is 0.889. The molecule has 0 saturated heterocycles. The maximum atomic E-state index is 11.2. The molecule has 0 bridgehead atoms.